The lowest BCUT2D eigenvalue weighted by Gasteiger charge is -2.21. The summed E-state index contributed by atoms with van der Waals surface area (Å²) < 4.78 is 44.2. The molecule has 1 aromatic carbocycles. The van der Waals surface area contributed by atoms with Gasteiger partial charge in [0.05, 0.1) is 11.5 Å². The number of hydrogen-bond donors (Lipinski definition) is 1. The van der Waals surface area contributed by atoms with Crippen LogP contribution in [0.2, 0.25) is 0 Å². The zero-order valence-corrected chi connectivity index (χ0v) is 13.7. The molecule has 0 bridgehead atoms. The van der Waals surface area contributed by atoms with E-state index in [9.17, 15) is 8.42 Å². The molecule has 1 N–H and O–H groups in total. The van der Waals surface area contributed by atoms with Crippen molar-refractivity contribution < 1.29 is 22.6 Å². The molecule has 3 atom stereocenters. The zero-order valence-electron chi connectivity index (χ0n) is 12.9. The summed E-state index contributed by atoms with van der Waals surface area (Å²) >= 11 is 0. The molecular weight excluding hydrogens is 306 g/mol. The topological polar surface area (TPSA) is 73.9 Å². The third kappa shape index (κ3) is 3.18. The van der Waals surface area contributed by atoms with Crippen LogP contribution in [0.4, 0.5) is 0 Å². The molecule has 0 spiro atoms. The maximum atomic E-state index is 12.3. The molecule has 0 radical (unpaired) electrons. The predicted octanol–water partition coefficient (Wildman–Crippen LogP) is 1.19. The second-order valence-corrected chi connectivity index (χ2v) is 7.94. The van der Waals surface area contributed by atoms with E-state index >= 15 is 0 Å². The van der Waals surface area contributed by atoms with Gasteiger partial charge >= 0.3 is 0 Å². The molecular formula is C15H21NO5S. The number of ether oxygens (including phenoxy) is 3. The van der Waals surface area contributed by atoms with E-state index in [1.807, 2.05) is 20.8 Å². The lowest BCUT2D eigenvalue weighted by atomic mass is 10.1. The maximum absolute atomic E-state index is 12.3. The van der Waals surface area contributed by atoms with Crippen LogP contribution in [-0.4, -0.2) is 45.7 Å². The molecule has 6 nitrogen and oxygen atoms in total. The molecule has 3 rings (SSSR count). The van der Waals surface area contributed by atoms with Crippen molar-refractivity contribution in [1.82, 2.24) is 4.72 Å². The maximum Gasteiger partial charge on any atom is 0.240 e. The summed E-state index contributed by atoms with van der Waals surface area (Å²) in [4.78, 5) is 0.247. The third-order valence-electron chi connectivity index (χ3n) is 3.87. The Morgan fingerprint density at radius 3 is 2.59 bits per heavy atom. The van der Waals surface area contributed by atoms with Gasteiger partial charge in [0.25, 0.3) is 0 Å². The van der Waals surface area contributed by atoms with Gasteiger partial charge < -0.3 is 14.2 Å². The van der Waals surface area contributed by atoms with E-state index in [0.29, 0.717) is 6.61 Å². The molecule has 0 aliphatic carbocycles. The van der Waals surface area contributed by atoms with Gasteiger partial charge in [-0.25, -0.2) is 13.1 Å². The first-order valence-corrected chi connectivity index (χ1v) is 8.79. The molecule has 0 unspecified atom stereocenters. The smallest absolute Gasteiger partial charge is 0.240 e. The van der Waals surface area contributed by atoms with Gasteiger partial charge in [-0.2, -0.15) is 0 Å². The number of rotatable bonds is 4. The Balaban J connectivity index is 1.64. The van der Waals surface area contributed by atoms with Gasteiger partial charge in [0, 0.05) is 6.54 Å². The van der Waals surface area contributed by atoms with Crippen LogP contribution in [0.15, 0.2) is 29.2 Å². The minimum atomic E-state index is -3.55. The number of fused-ring (bicyclic) bond motifs is 1. The summed E-state index contributed by atoms with van der Waals surface area (Å²) in [5.74, 6) is -0.646. The van der Waals surface area contributed by atoms with Crippen molar-refractivity contribution in [2.75, 3.05) is 13.2 Å². The Kier molecular flexibility index (Phi) is 4.03. The molecule has 2 saturated heterocycles. The Morgan fingerprint density at radius 1 is 1.23 bits per heavy atom. The number of sulfonamides is 1. The highest BCUT2D eigenvalue weighted by molar-refractivity contribution is 7.89. The molecule has 0 saturated carbocycles. The Bertz CT molecular complexity index is 640. The molecule has 2 aliphatic heterocycles. The summed E-state index contributed by atoms with van der Waals surface area (Å²) in [5.41, 5.74) is 1.01. The van der Waals surface area contributed by atoms with Crippen LogP contribution in [0.3, 0.4) is 0 Å². The molecule has 2 aliphatic rings. The average molecular weight is 327 g/mol. The minimum absolute atomic E-state index is 0.135. The van der Waals surface area contributed by atoms with Crippen LogP contribution in [0.1, 0.15) is 19.4 Å². The molecule has 0 aromatic heterocycles. The lowest BCUT2D eigenvalue weighted by Crippen LogP contribution is -2.39. The number of aryl methyl sites for hydroxylation is 1. The third-order valence-corrected chi connectivity index (χ3v) is 5.31. The highest BCUT2D eigenvalue weighted by Crippen LogP contribution is 2.35. The molecule has 22 heavy (non-hydrogen) atoms. The van der Waals surface area contributed by atoms with Crippen molar-refractivity contribution in [2.24, 2.45) is 0 Å². The van der Waals surface area contributed by atoms with Crippen LogP contribution in [0, 0.1) is 6.92 Å². The highest BCUT2D eigenvalue weighted by atomic mass is 32.2. The van der Waals surface area contributed by atoms with Gasteiger partial charge in [-0.3, -0.25) is 0 Å². The fraction of sp³-hybridized carbons (Fsp3) is 0.600. The molecule has 2 fully saturated rings. The van der Waals surface area contributed by atoms with E-state index in [0.717, 1.165) is 5.56 Å². The van der Waals surface area contributed by atoms with E-state index in [4.69, 9.17) is 14.2 Å². The van der Waals surface area contributed by atoms with Crippen molar-refractivity contribution in [3.63, 3.8) is 0 Å². The summed E-state index contributed by atoms with van der Waals surface area (Å²) in [5, 5.41) is 0. The molecule has 122 valence electrons. The van der Waals surface area contributed by atoms with Crippen molar-refractivity contribution >= 4 is 10.0 Å². The molecule has 1 aromatic rings. The van der Waals surface area contributed by atoms with Crippen molar-refractivity contribution in [1.29, 1.82) is 0 Å². The number of hydrogen-bond acceptors (Lipinski definition) is 5. The second kappa shape index (κ2) is 5.58. The average Bonchev–Trinajstić information content (AvgIpc) is 2.92. The second-order valence-electron chi connectivity index (χ2n) is 6.18. The molecule has 7 heteroatoms. The minimum Gasteiger partial charge on any atom is -0.371 e. The summed E-state index contributed by atoms with van der Waals surface area (Å²) in [6.07, 6.45) is -0.716. The van der Waals surface area contributed by atoms with Gasteiger partial charge in [-0.15, -0.1) is 0 Å². The van der Waals surface area contributed by atoms with Gasteiger partial charge in [0.2, 0.25) is 10.0 Å². The predicted molar refractivity (Wildman–Crippen MR) is 79.9 cm³/mol. The standard InChI is InChI=1S/C15H21NO5S/c1-10-4-6-11(7-5-10)22(17,18)16-8-12-14-13(9-19-12)20-15(2,3)21-14/h4-7,12-14,16H,8-9H2,1-3H3/t12-,13+,14-/m0/s1. The van der Waals surface area contributed by atoms with Crippen LogP contribution in [-0.2, 0) is 24.2 Å². The van der Waals surface area contributed by atoms with E-state index in [-0.39, 0.29) is 29.8 Å². The van der Waals surface area contributed by atoms with E-state index in [1.165, 1.54) is 0 Å². The first-order valence-electron chi connectivity index (χ1n) is 7.30. The largest absolute Gasteiger partial charge is 0.371 e. The van der Waals surface area contributed by atoms with E-state index < -0.39 is 15.8 Å². The van der Waals surface area contributed by atoms with E-state index in [1.54, 1.807) is 24.3 Å². The molecule has 2 heterocycles. The summed E-state index contributed by atoms with van der Waals surface area (Å²) in [6.45, 7) is 6.19. The fourth-order valence-corrected chi connectivity index (χ4v) is 3.83. The summed E-state index contributed by atoms with van der Waals surface area (Å²) in [7, 11) is -3.55. The van der Waals surface area contributed by atoms with Gasteiger partial charge in [0.1, 0.15) is 18.3 Å². The monoisotopic (exact) mass is 327 g/mol. The van der Waals surface area contributed by atoms with Crippen molar-refractivity contribution in [3.8, 4) is 0 Å². The van der Waals surface area contributed by atoms with Crippen LogP contribution >= 0.6 is 0 Å². The van der Waals surface area contributed by atoms with Crippen molar-refractivity contribution in [3.05, 3.63) is 29.8 Å². The number of nitrogens with one attached hydrogen (secondary N) is 1. The SMILES string of the molecule is Cc1ccc(S(=O)(=O)NC[C@@H]2OC[C@H]3OC(C)(C)O[C@@H]23)cc1. The van der Waals surface area contributed by atoms with Crippen LogP contribution in [0.5, 0.6) is 0 Å². The molecule has 0 amide bonds. The normalized spacial score (nSPS) is 30.4. The zero-order chi connectivity index (χ0) is 16.0. The first-order chi connectivity index (χ1) is 10.3. The van der Waals surface area contributed by atoms with Crippen molar-refractivity contribution in [2.45, 2.75) is 49.8 Å². The van der Waals surface area contributed by atoms with E-state index in [2.05, 4.69) is 4.72 Å². The Morgan fingerprint density at radius 2 is 1.91 bits per heavy atom. The highest BCUT2D eigenvalue weighted by Gasteiger charge is 2.50. The first kappa shape index (κ1) is 15.9. The van der Waals surface area contributed by atoms with Gasteiger partial charge in [-0.1, -0.05) is 17.7 Å². The van der Waals surface area contributed by atoms with Gasteiger partial charge in [-0.05, 0) is 32.9 Å². The van der Waals surface area contributed by atoms with Crippen LogP contribution in [0.25, 0.3) is 0 Å². The Hall–Kier alpha value is -0.990. The lowest BCUT2D eigenvalue weighted by molar-refractivity contribution is -0.174. The fourth-order valence-electron chi connectivity index (χ4n) is 2.79. The Labute approximate surface area is 130 Å². The summed E-state index contributed by atoms with van der Waals surface area (Å²) in [6, 6.07) is 6.72. The van der Waals surface area contributed by atoms with Crippen LogP contribution < -0.4 is 4.72 Å². The number of benzene rings is 1. The van der Waals surface area contributed by atoms with Gasteiger partial charge in [0.15, 0.2) is 5.79 Å². The quantitative estimate of drug-likeness (QED) is 0.899.